The molecule has 1 heterocycles. The molecule has 2 rings (SSSR count). The Morgan fingerprint density at radius 3 is 2.61 bits per heavy atom. The number of β-amino-alcohol motifs (C(OH)–C–C–N with tert-alkyl or cyclic N) is 1. The number of rotatable bonds is 3. The first-order valence-corrected chi connectivity index (χ1v) is 8.07. The normalized spacial score (nSPS) is 19.6. The van der Waals surface area contributed by atoms with Gasteiger partial charge in [-0.05, 0) is 24.6 Å². The monoisotopic (exact) mass is 353 g/mol. The van der Waals surface area contributed by atoms with Gasteiger partial charge in [0, 0.05) is 17.6 Å². The van der Waals surface area contributed by atoms with Gasteiger partial charge < -0.3 is 5.11 Å². The predicted molar refractivity (Wildman–Crippen MR) is 73.2 cm³/mol. The fraction of sp³-hybridized carbons (Fsp3) is 0.455. The third-order valence-corrected chi connectivity index (χ3v) is 5.88. The van der Waals surface area contributed by atoms with Crippen LogP contribution >= 0.6 is 27.5 Å². The van der Waals surface area contributed by atoms with Crippen LogP contribution in [-0.2, 0) is 10.0 Å². The smallest absolute Gasteiger partial charge is 0.244 e. The maximum Gasteiger partial charge on any atom is 0.244 e. The van der Waals surface area contributed by atoms with Gasteiger partial charge >= 0.3 is 0 Å². The van der Waals surface area contributed by atoms with Crippen LogP contribution in [-0.4, -0.2) is 36.5 Å². The van der Waals surface area contributed by atoms with Crippen LogP contribution in [0.15, 0.2) is 27.6 Å². The number of aliphatic hydroxyl groups is 1. The Kier molecular flexibility index (Phi) is 3.77. The maximum atomic E-state index is 12.3. The highest BCUT2D eigenvalue weighted by Crippen LogP contribution is 2.33. The van der Waals surface area contributed by atoms with Gasteiger partial charge in [0.15, 0.2) is 0 Å². The van der Waals surface area contributed by atoms with Crippen LogP contribution < -0.4 is 0 Å². The second-order valence-corrected chi connectivity index (χ2v) is 7.65. The van der Waals surface area contributed by atoms with Gasteiger partial charge in [-0.2, -0.15) is 4.31 Å². The minimum absolute atomic E-state index is 0.0746. The molecule has 0 aliphatic carbocycles. The third kappa shape index (κ3) is 2.44. The van der Waals surface area contributed by atoms with Crippen molar-refractivity contribution in [1.29, 1.82) is 0 Å². The summed E-state index contributed by atoms with van der Waals surface area (Å²) in [7, 11) is -3.61. The molecule has 100 valence electrons. The second-order valence-electron chi connectivity index (χ2n) is 4.43. The summed E-state index contributed by atoms with van der Waals surface area (Å²) in [5.41, 5.74) is -0.894. The summed E-state index contributed by atoms with van der Waals surface area (Å²) >= 11 is 9.17. The van der Waals surface area contributed by atoms with Crippen molar-refractivity contribution in [2.45, 2.75) is 23.8 Å². The molecule has 0 amide bonds. The number of sulfonamides is 1. The highest BCUT2D eigenvalue weighted by Gasteiger charge is 2.46. The Morgan fingerprint density at radius 1 is 1.50 bits per heavy atom. The molecule has 18 heavy (non-hydrogen) atoms. The molecular formula is C11H13BrClNO3S. The van der Waals surface area contributed by atoms with Crippen molar-refractivity contribution >= 4 is 37.6 Å². The van der Waals surface area contributed by atoms with E-state index in [1.807, 2.05) is 6.92 Å². The van der Waals surface area contributed by atoms with E-state index in [0.717, 1.165) is 4.47 Å². The molecule has 7 heteroatoms. The number of benzene rings is 1. The van der Waals surface area contributed by atoms with Crippen LogP contribution in [0.4, 0.5) is 0 Å². The van der Waals surface area contributed by atoms with Crippen LogP contribution in [0.3, 0.4) is 0 Å². The van der Waals surface area contributed by atoms with Crippen molar-refractivity contribution in [2.24, 2.45) is 0 Å². The van der Waals surface area contributed by atoms with Crippen molar-refractivity contribution in [3.05, 3.63) is 27.7 Å². The molecule has 0 bridgehead atoms. The van der Waals surface area contributed by atoms with Crippen molar-refractivity contribution in [1.82, 2.24) is 4.31 Å². The topological polar surface area (TPSA) is 57.6 Å². The Labute approximate surface area is 120 Å². The molecule has 0 radical (unpaired) electrons. The highest BCUT2D eigenvalue weighted by atomic mass is 79.9. The number of hydrogen-bond donors (Lipinski definition) is 1. The first-order valence-electron chi connectivity index (χ1n) is 5.46. The minimum Gasteiger partial charge on any atom is -0.387 e. The summed E-state index contributed by atoms with van der Waals surface area (Å²) in [4.78, 5) is 0.0746. The summed E-state index contributed by atoms with van der Waals surface area (Å²) in [6.07, 6.45) is 0.535. The zero-order valence-corrected chi connectivity index (χ0v) is 12.9. The standard InChI is InChI=1S/C11H13BrClNO3S/c1-2-11(15)6-14(7-11)18(16,17)10-4-3-8(12)5-9(10)13/h3-5,15H,2,6-7H2,1H3. The fourth-order valence-corrected chi connectivity index (χ4v) is 4.44. The molecule has 0 atom stereocenters. The van der Waals surface area contributed by atoms with E-state index < -0.39 is 15.6 Å². The van der Waals surface area contributed by atoms with Crippen molar-refractivity contribution in [3.8, 4) is 0 Å². The molecule has 1 aromatic rings. The molecule has 1 aromatic carbocycles. The van der Waals surface area contributed by atoms with Crippen molar-refractivity contribution in [2.75, 3.05) is 13.1 Å². The lowest BCUT2D eigenvalue weighted by Gasteiger charge is -2.44. The lowest BCUT2D eigenvalue weighted by Crippen LogP contribution is -2.62. The van der Waals surface area contributed by atoms with Gasteiger partial charge in [-0.25, -0.2) is 8.42 Å². The molecule has 0 unspecified atom stereocenters. The van der Waals surface area contributed by atoms with E-state index in [0.29, 0.717) is 6.42 Å². The molecule has 1 N–H and O–H groups in total. The third-order valence-electron chi connectivity index (χ3n) is 3.11. The summed E-state index contributed by atoms with van der Waals surface area (Å²) in [5, 5.41) is 10.0. The Balaban J connectivity index is 2.28. The first kappa shape index (κ1) is 14.3. The Hall–Kier alpha value is -0.140. The van der Waals surface area contributed by atoms with E-state index in [1.165, 1.54) is 10.4 Å². The second kappa shape index (κ2) is 4.76. The minimum atomic E-state index is -3.61. The van der Waals surface area contributed by atoms with E-state index in [4.69, 9.17) is 11.6 Å². The molecule has 1 aliphatic heterocycles. The lowest BCUT2D eigenvalue weighted by molar-refractivity contribution is -0.0613. The van der Waals surface area contributed by atoms with Crippen molar-refractivity contribution < 1.29 is 13.5 Å². The SMILES string of the molecule is CCC1(O)CN(S(=O)(=O)c2ccc(Br)cc2Cl)C1. The predicted octanol–water partition coefficient (Wildman–Crippen LogP) is 2.25. The van der Waals surface area contributed by atoms with Crippen LogP contribution in [0.5, 0.6) is 0 Å². The summed E-state index contributed by atoms with van der Waals surface area (Å²) < 4.78 is 26.5. The van der Waals surface area contributed by atoms with E-state index >= 15 is 0 Å². The Bertz CT molecular complexity index is 570. The van der Waals surface area contributed by atoms with E-state index in [-0.39, 0.29) is 23.0 Å². The van der Waals surface area contributed by atoms with Gasteiger partial charge in [-0.3, -0.25) is 0 Å². The first-order chi connectivity index (χ1) is 8.28. The Morgan fingerprint density at radius 2 is 2.11 bits per heavy atom. The average Bonchev–Trinajstić information content (AvgIpc) is 2.24. The number of halogens is 2. The molecule has 0 saturated carbocycles. The van der Waals surface area contributed by atoms with E-state index in [1.54, 1.807) is 12.1 Å². The number of nitrogens with zero attached hydrogens (tertiary/aromatic N) is 1. The number of hydrogen-bond acceptors (Lipinski definition) is 3. The average molecular weight is 355 g/mol. The maximum absolute atomic E-state index is 12.3. The van der Waals surface area contributed by atoms with Gasteiger partial charge in [-0.1, -0.05) is 34.5 Å². The summed E-state index contributed by atoms with van der Waals surface area (Å²) in [5.74, 6) is 0. The van der Waals surface area contributed by atoms with Crippen LogP contribution in [0.2, 0.25) is 5.02 Å². The summed E-state index contributed by atoms with van der Waals surface area (Å²) in [6, 6.07) is 4.63. The molecule has 1 saturated heterocycles. The fourth-order valence-electron chi connectivity index (χ4n) is 1.83. The lowest BCUT2D eigenvalue weighted by atomic mass is 9.94. The largest absolute Gasteiger partial charge is 0.387 e. The zero-order valence-electron chi connectivity index (χ0n) is 9.73. The quantitative estimate of drug-likeness (QED) is 0.906. The van der Waals surface area contributed by atoms with Gasteiger partial charge in [0.25, 0.3) is 0 Å². The van der Waals surface area contributed by atoms with Crippen LogP contribution in [0.25, 0.3) is 0 Å². The molecule has 1 aliphatic rings. The molecular weight excluding hydrogens is 342 g/mol. The van der Waals surface area contributed by atoms with E-state index in [2.05, 4.69) is 15.9 Å². The zero-order chi connectivity index (χ0) is 13.6. The summed E-state index contributed by atoms with van der Waals surface area (Å²) in [6.45, 7) is 2.08. The van der Waals surface area contributed by atoms with Gasteiger partial charge in [-0.15, -0.1) is 0 Å². The van der Waals surface area contributed by atoms with Gasteiger partial charge in [0.05, 0.1) is 10.6 Å². The van der Waals surface area contributed by atoms with Gasteiger partial charge in [0.2, 0.25) is 10.0 Å². The molecule has 1 fully saturated rings. The molecule has 0 spiro atoms. The van der Waals surface area contributed by atoms with E-state index in [9.17, 15) is 13.5 Å². The molecule has 4 nitrogen and oxygen atoms in total. The van der Waals surface area contributed by atoms with Gasteiger partial charge in [0.1, 0.15) is 4.90 Å². The van der Waals surface area contributed by atoms with Crippen LogP contribution in [0, 0.1) is 0 Å². The highest BCUT2D eigenvalue weighted by molar-refractivity contribution is 9.10. The van der Waals surface area contributed by atoms with Crippen LogP contribution in [0.1, 0.15) is 13.3 Å². The van der Waals surface area contributed by atoms with Crippen molar-refractivity contribution in [3.63, 3.8) is 0 Å². The molecule has 0 aromatic heterocycles.